The molecular formula is C12H19BrN2O. The highest BCUT2D eigenvalue weighted by atomic mass is 79.9. The third-order valence-corrected chi connectivity index (χ3v) is 2.69. The van der Waals surface area contributed by atoms with Crippen molar-refractivity contribution in [3.63, 3.8) is 0 Å². The lowest BCUT2D eigenvalue weighted by molar-refractivity contribution is 0.134. The molecule has 0 radical (unpaired) electrons. The van der Waals surface area contributed by atoms with Crippen molar-refractivity contribution in [1.29, 1.82) is 0 Å². The lowest BCUT2D eigenvalue weighted by atomic mass is 10.3. The molecular weight excluding hydrogens is 268 g/mol. The highest BCUT2D eigenvalue weighted by Gasteiger charge is 2.00. The maximum absolute atomic E-state index is 5.40. The first-order valence-electron chi connectivity index (χ1n) is 5.67. The SMILES string of the molecule is CCCOCCCNc1ncc(C)cc1Br. The van der Waals surface area contributed by atoms with Gasteiger partial charge in [0.05, 0.1) is 4.47 Å². The van der Waals surface area contributed by atoms with E-state index in [1.54, 1.807) is 0 Å². The van der Waals surface area contributed by atoms with E-state index in [4.69, 9.17) is 4.74 Å². The van der Waals surface area contributed by atoms with E-state index in [2.05, 4.69) is 39.2 Å². The van der Waals surface area contributed by atoms with Crippen LogP contribution < -0.4 is 5.32 Å². The van der Waals surface area contributed by atoms with E-state index in [9.17, 15) is 0 Å². The first kappa shape index (κ1) is 13.5. The van der Waals surface area contributed by atoms with Gasteiger partial charge < -0.3 is 10.1 Å². The molecule has 16 heavy (non-hydrogen) atoms. The molecule has 0 aliphatic rings. The molecule has 1 N–H and O–H groups in total. The minimum atomic E-state index is 0.810. The smallest absolute Gasteiger partial charge is 0.140 e. The van der Waals surface area contributed by atoms with Gasteiger partial charge in [-0.3, -0.25) is 0 Å². The lowest BCUT2D eigenvalue weighted by Crippen LogP contribution is -2.07. The number of halogens is 1. The number of hydrogen-bond donors (Lipinski definition) is 1. The number of hydrogen-bond acceptors (Lipinski definition) is 3. The Morgan fingerprint density at radius 3 is 2.94 bits per heavy atom. The molecule has 1 aromatic heterocycles. The molecule has 90 valence electrons. The number of anilines is 1. The Bertz CT molecular complexity index is 318. The zero-order valence-electron chi connectivity index (χ0n) is 9.92. The molecule has 0 atom stereocenters. The summed E-state index contributed by atoms with van der Waals surface area (Å²) in [4.78, 5) is 4.31. The second-order valence-corrected chi connectivity index (χ2v) is 4.59. The van der Waals surface area contributed by atoms with Crippen LogP contribution in [-0.4, -0.2) is 24.7 Å². The normalized spacial score (nSPS) is 10.4. The molecule has 0 aromatic carbocycles. The highest BCUT2D eigenvalue weighted by Crippen LogP contribution is 2.20. The van der Waals surface area contributed by atoms with Crippen molar-refractivity contribution in [2.75, 3.05) is 25.1 Å². The maximum Gasteiger partial charge on any atom is 0.140 e. The number of rotatable bonds is 7. The van der Waals surface area contributed by atoms with Gasteiger partial charge in [0.15, 0.2) is 0 Å². The third-order valence-electron chi connectivity index (χ3n) is 2.08. The standard InChI is InChI=1S/C12H19BrN2O/c1-3-6-16-7-4-5-14-12-11(13)8-10(2)9-15-12/h8-9H,3-7H2,1-2H3,(H,14,15). The van der Waals surface area contributed by atoms with E-state index in [1.807, 2.05) is 13.1 Å². The van der Waals surface area contributed by atoms with Crippen LogP contribution in [0.2, 0.25) is 0 Å². The molecule has 1 heterocycles. The Hall–Kier alpha value is -0.610. The average Bonchev–Trinajstić information content (AvgIpc) is 2.26. The fourth-order valence-corrected chi connectivity index (χ4v) is 1.89. The number of aryl methyl sites for hydroxylation is 1. The zero-order chi connectivity index (χ0) is 11.8. The van der Waals surface area contributed by atoms with Crippen molar-refractivity contribution < 1.29 is 4.74 Å². The van der Waals surface area contributed by atoms with Crippen molar-refractivity contribution in [1.82, 2.24) is 4.98 Å². The van der Waals surface area contributed by atoms with Gasteiger partial charge in [0.2, 0.25) is 0 Å². The summed E-state index contributed by atoms with van der Waals surface area (Å²) in [5.41, 5.74) is 1.16. The Kier molecular flexibility index (Phi) is 6.42. The van der Waals surface area contributed by atoms with Gasteiger partial charge in [-0.25, -0.2) is 4.98 Å². The average molecular weight is 287 g/mol. The van der Waals surface area contributed by atoms with Crippen molar-refractivity contribution in [2.24, 2.45) is 0 Å². The highest BCUT2D eigenvalue weighted by molar-refractivity contribution is 9.10. The van der Waals surface area contributed by atoms with Gasteiger partial charge in [0.1, 0.15) is 5.82 Å². The van der Waals surface area contributed by atoms with E-state index >= 15 is 0 Å². The van der Waals surface area contributed by atoms with Crippen LogP contribution in [0.15, 0.2) is 16.7 Å². The van der Waals surface area contributed by atoms with Gasteiger partial charge in [-0.05, 0) is 47.3 Å². The molecule has 4 heteroatoms. The summed E-state index contributed by atoms with van der Waals surface area (Å²) in [5.74, 6) is 0.904. The monoisotopic (exact) mass is 286 g/mol. The van der Waals surface area contributed by atoms with Gasteiger partial charge in [-0.15, -0.1) is 0 Å². The van der Waals surface area contributed by atoms with E-state index in [0.29, 0.717) is 0 Å². The summed E-state index contributed by atoms with van der Waals surface area (Å²) in [7, 11) is 0. The van der Waals surface area contributed by atoms with Gasteiger partial charge >= 0.3 is 0 Å². The maximum atomic E-state index is 5.40. The summed E-state index contributed by atoms with van der Waals surface area (Å²) in [5, 5.41) is 3.28. The number of pyridine rings is 1. The Morgan fingerprint density at radius 1 is 1.44 bits per heavy atom. The molecule has 0 saturated carbocycles. The first-order chi connectivity index (χ1) is 7.74. The van der Waals surface area contributed by atoms with Crippen LogP contribution in [0.1, 0.15) is 25.3 Å². The molecule has 1 aromatic rings. The van der Waals surface area contributed by atoms with Crippen LogP contribution in [0.5, 0.6) is 0 Å². The van der Waals surface area contributed by atoms with Crippen molar-refractivity contribution in [3.05, 3.63) is 22.3 Å². The predicted molar refractivity (Wildman–Crippen MR) is 70.9 cm³/mol. The molecule has 1 rings (SSSR count). The van der Waals surface area contributed by atoms with Crippen LogP contribution in [0.25, 0.3) is 0 Å². The fourth-order valence-electron chi connectivity index (χ4n) is 1.29. The van der Waals surface area contributed by atoms with Crippen LogP contribution >= 0.6 is 15.9 Å². The van der Waals surface area contributed by atoms with E-state index in [-0.39, 0.29) is 0 Å². The minimum absolute atomic E-state index is 0.810. The lowest BCUT2D eigenvalue weighted by Gasteiger charge is -2.08. The topological polar surface area (TPSA) is 34.1 Å². The number of nitrogens with one attached hydrogen (secondary N) is 1. The van der Waals surface area contributed by atoms with Crippen molar-refractivity contribution in [2.45, 2.75) is 26.7 Å². The molecule has 0 fully saturated rings. The molecule has 0 unspecified atom stereocenters. The quantitative estimate of drug-likeness (QED) is 0.781. The first-order valence-corrected chi connectivity index (χ1v) is 6.47. The zero-order valence-corrected chi connectivity index (χ0v) is 11.5. The van der Waals surface area contributed by atoms with Crippen LogP contribution in [0, 0.1) is 6.92 Å². The second-order valence-electron chi connectivity index (χ2n) is 3.74. The number of aromatic nitrogens is 1. The Morgan fingerprint density at radius 2 is 2.25 bits per heavy atom. The molecule has 0 aliphatic carbocycles. The predicted octanol–water partition coefficient (Wildman–Crippen LogP) is 3.38. The summed E-state index contributed by atoms with van der Waals surface area (Å²) in [6, 6.07) is 2.06. The van der Waals surface area contributed by atoms with Gasteiger partial charge in [0.25, 0.3) is 0 Å². The van der Waals surface area contributed by atoms with E-state index in [1.165, 1.54) is 0 Å². The van der Waals surface area contributed by atoms with Gasteiger partial charge in [-0.1, -0.05) is 6.92 Å². The Balaban J connectivity index is 2.21. The largest absolute Gasteiger partial charge is 0.381 e. The van der Waals surface area contributed by atoms with Crippen LogP contribution in [0.4, 0.5) is 5.82 Å². The van der Waals surface area contributed by atoms with E-state index < -0.39 is 0 Å². The summed E-state index contributed by atoms with van der Waals surface area (Å²) in [6.07, 6.45) is 3.95. The minimum Gasteiger partial charge on any atom is -0.381 e. The molecule has 0 amide bonds. The van der Waals surface area contributed by atoms with Crippen LogP contribution in [-0.2, 0) is 4.74 Å². The summed E-state index contributed by atoms with van der Waals surface area (Å²) < 4.78 is 6.41. The molecule has 0 bridgehead atoms. The summed E-state index contributed by atoms with van der Waals surface area (Å²) >= 11 is 3.48. The summed E-state index contributed by atoms with van der Waals surface area (Å²) in [6.45, 7) is 6.70. The van der Waals surface area contributed by atoms with Gasteiger partial charge in [0, 0.05) is 26.0 Å². The van der Waals surface area contributed by atoms with Crippen molar-refractivity contribution >= 4 is 21.7 Å². The van der Waals surface area contributed by atoms with Gasteiger partial charge in [-0.2, -0.15) is 0 Å². The molecule has 0 spiro atoms. The van der Waals surface area contributed by atoms with Crippen molar-refractivity contribution in [3.8, 4) is 0 Å². The molecule has 3 nitrogen and oxygen atoms in total. The molecule has 0 aliphatic heterocycles. The molecule has 0 saturated heterocycles. The number of ether oxygens (including phenoxy) is 1. The fraction of sp³-hybridized carbons (Fsp3) is 0.583. The second kappa shape index (κ2) is 7.63. The third kappa shape index (κ3) is 4.94. The Labute approximate surface area is 106 Å². The van der Waals surface area contributed by atoms with E-state index in [0.717, 1.165) is 48.5 Å². The van der Waals surface area contributed by atoms with Crippen LogP contribution in [0.3, 0.4) is 0 Å². The number of nitrogens with zero attached hydrogens (tertiary/aromatic N) is 1.